The molecule has 0 saturated carbocycles. The van der Waals surface area contributed by atoms with Gasteiger partial charge in [-0.05, 0) is 13.3 Å². The lowest BCUT2D eigenvalue weighted by atomic mass is 10.2. The van der Waals surface area contributed by atoms with Crippen LogP contribution in [-0.2, 0) is 14.3 Å². The predicted octanol–water partition coefficient (Wildman–Crippen LogP) is -0.602. The van der Waals surface area contributed by atoms with E-state index in [2.05, 4.69) is 10.6 Å². The van der Waals surface area contributed by atoms with E-state index in [1.807, 2.05) is 0 Å². The van der Waals surface area contributed by atoms with E-state index in [4.69, 9.17) is 9.84 Å². The summed E-state index contributed by atoms with van der Waals surface area (Å²) < 4.78 is 5.23. The van der Waals surface area contributed by atoms with Gasteiger partial charge in [-0.25, -0.2) is 4.79 Å². The lowest BCUT2D eigenvalue weighted by molar-refractivity contribution is -0.137. The van der Waals surface area contributed by atoms with Crippen LogP contribution in [0.3, 0.4) is 0 Å². The Morgan fingerprint density at radius 1 is 1.35 bits per heavy atom. The van der Waals surface area contributed by atoms with Crippen molar-refractivity contribution in [3.05, 3.63) is 0 Å². The SMILES string of the molecule is CCNC(=O)C1COCCN1C(=O)NCCCC(=O)O. The maximum atomic E-state index is 12.0. The zero-order valence-corrected chi connectivity index (χ0v) is 11.6. The van der Waals surface area contributed by atoms with Gasteiger partial charge in [-0.1, -0.05) is 0 Å². The standard InChI is InChI=1S/C12H21N3O5/c1-2-13-11(18)9-8-20-7-6-15(9)12(19)14-5-3-4-10(16)17/h9H,2-8H2,1H3,(H,13,18)(H,14,19)(H,16,17). The Kier molecular flexibility index (Phi) is 6.78. The average molecular weight is 287 g/mol. The zero-order valence-electron chi connectivity index (χ0n) is 11.6. The smallest absolute Gasteiger partial charge is 0.318 e. The fourth-order valence-electron chi connectivity index (χ4n) is 1.89. The summed E-state index contributed by atoms with van der Waals surface area (Å²) in [6.07, 6.45) is 0.361. The second-order valence-electron chi connectivity index (χ2n) is 4.41. The summed E-state index contributed by atoms with van der Waals surface area (Å²) in [5, 5.41) is 13.8. The molecular weight excluding hydrogens is 266 g/mol. The minimum absolute atomic E-state index is 0.00312. The lowest BCUT2D eigenvalue weighted by Gasteiger charge is -2.34. The number of likely N-dealkylation sites (N-methyl/N-ethyl adjacent to an activating group) is 1. The molecule has 114 valence electrons. The fraction of sp³-hybridized carbons (Fsp3) is 0.750. The van der Waals surface area contributed by atoms with Crippen molar-refractivity contribution in [1.29, 1.82) is 0 Å². The Hall–Kier alpha value is -1.83. The second kappa shape index (κ2) is 8.36. The molecule has 1 rings (SSSR count). The van der Waals surface area contributed by atoms with Crippen LogP contribution in [0.2, 0.25) is 0 Å². The molecule has 1 fully saturated rings. The van der Waals surface area contributed by atoms with Crippen LogP contribution < -0.4 is 10.6 Å². The number of hydrogen-bond donors (Lipinski definition) is 3. The quantitative estimate of drug-likeness (QED) is 0.565. The van der Waals surface area contributed by atoms with Crippen molar-refractivity contribution in [3.8, 4) is 0 Å². The minimum atomic E-state index is -0.897. The Balaban J connectivity index is 2.45. The summed E-state index contributed by atoms with van der Waals surface area (Å²) in [4.78, 5) is 35.6. The van der Waals surface area contributed by atoms with E-state index in [0.717, 1.165) is 0 Å². The average Bonchev–Trinajstić information content (AvgIpc) is 2.43. The highest BCUT2D eigenvalue weighted by atomic mass is 16.5. The molecule has 1 aliphatic heterocycles. The highest BCUT2D eigenvalue weighted by Gasteiger charge is 2.32. The van der Waals surface area contributed by atoms with E-state index >= 15 is 0 Å². The summed E-state index contributed by atoms with van der Waals surface area (Å²) in [7, 11) is 0. The van der Waals surface area contributed by atoms with Crippen molar-refractivity contribution in [2.45, 2.75) is 25.8 Å². The molecule has 1 heterocycles. The number of nitrogens with zero attached hydrogens (tertiary/aromatic N) is 1. The van der Waals surface area contributed by atoms with Gasteiger partial charge in [0.1, 0.15) is 6.04 Å². The van der Waals surface area contributed by atoms with Gasteiger partial charge in [-0.3, -0.25) is 9.59 Å². The topological polar surface area (TPSA) is 108 Å². The molecule has 1 aliphatic rings. The van der Waals surface area contributed by atoms with Crippen molar-refractivity contribution >= 4 is 17.9 Å². The van der Waals surface area contributed by atoms with E-state index in [1.54, 1.807) is 6.92 Å². The highest BCUT2D eigenvalue weighted by Crippen LogP contribution is 2.07. The number of carbonyl (C=O) groups is 3. The van der Waals surface area contributed by atoms with Crippen molar-refractivity contribution in [1.82, 2.24) is 15.5 Å². The maximum Gasteiger partial charge on any atom is 0.318 e. The number of rotatable bonds is 6. The number of aliphatic carboxylic acids is 1. The van der Waals surface area contributed by atoms with Gasteiger partial charge >= 0.3 is 12.0 Å². The van der Waals surface area contributed by atoms with Crippen LogP contribution >= 0.6 is 0 Å². The van der Waals surface area contributed by atoms with Crippen LogP contribution in [0, 0.1) is 0 Å². The molecule has 1 unspecified atom stereocenters. The molecule has 0 aliphatic carbocycles. The van der Waals surface area contributed by atoms with Crippen LogP contribution in [0.4, 0.5) is 4.79 Å². The molecule has 0 radical (unpaired) electrons. The number of urea groups is 1. The van der Waals surface area contributed by atoms with E-state index < -0.39 is 12.0 Å². The monoisotopic (exact) mass is 287 g/mol. The Morgan fingerprint density at radius 3 is 2.75 bits per heavy atom. The minimum Gasteiger partial charge on any atom is -0.481 e. The molecule has 0 spiro atoms. The molecule has 3 amide bonds. The first-order valence-corrected chi connectivity index (χ1v) is 6.68. The Bertz CT molecular complexity index is 361. The number of carbonyl (C=O) groups excluding carboxylic acids is 2. The van der Waals surface area contributed by atoms with Gasteiger partial charge < -0.3 is 25.4 Å². The number of carboxylic acids is 1. The van der Waals surface area contributed by atoms with Crippen molar-refractivity contribution < 1.29 is 24.2 Å². The molecule has 20 heavy (non-hydrogen) atoms. The first kappa shape index (κ1) is 16.2. The number of ether oxygens (including phenoxy) is 1. The predicted molar refractivity (Wildman–Crippen MR) is 70.3 cm³/mol. The Labute approximate surface area is 117 Å². The largest absolute Gasteiger partial charge is 0.481 e. The second-order valence-corrected chi connectivity index (χ2v) is 4.41. The van der Waals surface area contributed by atoms with Crippen LogP contribution in [0.5, 0.6) is 0 Å². The van der Waals surface area contributed by atoms with Crippen LogP contribution in [0.1, 0.15) is 19.8 Å². The van der Waals surface area contributed by atoms with Crippen molar-refractivity contribution in [2.75, 3.05) is 32.8 Å². The Morgan fingerprint density at radius 2 is 2.10 bits per heavy atom. The summed E-state index contributed by atoms with van der Waals surface area (Å²) in [6.45, 7) is 3.46. The molecule has 8 nitrogen and oxygen atoms in total. The zero-order chi connectivity index (χ0) is 15.0. The van der Waals surface area contributed by atoms with Crippen molar-refractivity contribution in [3.63, 3.8) is 0 Å². The number of nitrogens with one attached hydrogen (secondary N) is 2. The van der Waals surface area contributed by atoms with Crippen molar-refractivity contribution in [2.24, 2.45) is 0 Å². The molecule has 0 bridgehead atoms. The third-order valence-electron chi connectivity index (χ3n) is 2.89. The van der Waals surface area contributed by atoms with Gasteiger partial charge in [0, 0.05) is 26.1 Å². The highest BCUT2D eigenvalue weighted by molar-refractivity contribution is 5.87. The molecule has 0 aromatic rings. The molecule has 8 heteroatoms. The summed E-state index contributed by atoms with van der Waals surface area (Å²) in [5.74, 6) is -1.14. The number of hydrogen-bond acceptors (Lipinski definition) is 4. The molecule has 1 saturated heterocycles. The van der Waals surface area contributed by atoms with Crippen LogP contribution in [-0.4, -0.2) is 66.8 Å². The molecule has 0 aromatic heterocycles. The normalized spacial score (nSPS) is 18.4. The third kappa shape index (κ3) is 5.04. The van der Waals surface area contributed by atoms with Crippen LogP contribution in [0.15, 0.2) is 0 Å². The number of morpholine rings is 1. The van der Waals surface area contributed by atoms with E-state index in [9.17, 15) is 14.4 Å². The lowest BCUT2D eigenvalue weighted by Crippen LogP contribution is -2.58. The maximum absolute atomic E-state index is 12.0. The summed E-state index contributed by atoms with van der Waals surface area (Å²) >= 11 is 0. The van der Waals surface area contributed by atoms with Gasteiger partial charge in [0.05, 0.1) is 13.2 Å². The van der Waals surface area contributed by atoms with E-state index in [-0.39, 0.29) is 31.5 Å². The molecule has 1 atom stereocenters. The van der Waals surface area contributed by atoms with Gasteiger partial charge in [0.15, 0.2) is 0 Å². The first-order chi connectivity index (χ1) is 9.56. The van der Waals surface area contributed by atoms with Crippen LogP contribution in [0.25, 0.3) is 0 Å². The van der Waals surface area contributed by atoms with Gasteiger partial charge in [-0.2, -0.15) is 0 Å². The first-order valence-electron chi connectivity index (χ1n) is 6.68. The van der Waals surface area contributed by atoms with E-state index in [1.165, 1.54) is 4.90 Å². The van der Waals surface area contributed by atoms with Gasteiger partial charge in [-0.15, -0.1) is 0 Å². The van der Waals surface area contributed by atoms with Gasteiger partial charge in [0.25, 0.3) is 0 Å². The fourth-order valence-corrected chi connectivity index (χ4v) is 1.89. The third-order valence-corrected chi connectivity index (χ3v) is 2.89. The summed E-state index contributed by atoms with van der Waals surface area (Å²) in [5.41, 5.74) is 0. The molecular formula is C12H21N3O5. The van der Waals surface area contributed by atoms with Gasteiger partial charge in [0.2, 0.25) is 5.91 Å². The molecule has 3 N–H and O–H groups in total. The molecule has 0 aromatic carbocycles. The van der Waals surface area contributed by atoms with E-state index in [0.29, 0.717) is 26.1 Å². The number of amides is 3. The summed E-state index contributed by atoms with van der Waals surface area (Å²) in [6, 6.07) is -1.00. The number of carboxylic acid groups (broad SMARTS) is 1.